The smallest absolute Gasteiger partial charge is 0.259 e. The van der Waals surface area contributed by atoms with Crippen molar-refractivity contribution in [3.63, 3.8) is 0 Å². The van der Waals surface area contributed by atoms with E-state index >= 15 is 0 Å². The van der Waals surface area contributed by atoms with E-state index in [1.807, 2.05) is 6.92 Å². The van der Waals surface area contributed by atoms with Crippen LogP contribution in [0.15, 0.2) is 12.1 Å². The van der Waals surface area contributed by atoms with Gasteiger partial charge in [-0.15, -0.1) is 0 Å². The first-order chi connectivity index (χ1) is 8.90. The second-order valence-corrected chi connectivity index (χ2v) is 4.93. The number of rotatable bonds is 1. The van der Waals surface area contributed by atoms with Gasteiger partial charge in [0.2, 0.25) is 0 Å². The fraction of sp³-hybridized carbons (Fsp3) is 0.462. The lowest BCUT2D eigenvalue weighted by Crippen LogP contribution is -2.48. The molecular formula is C13H15F3N2O. The summed E-state index contributed by atoms with van der Waals surface area (Å²) in [7, 11) is 0. The van der Waals surface area contributed by atoms with E-state index in [1.54, 1.807) is 0 Å². The summed E-state index contributed by atoms with van der Waals surface area (Å²) >= 11 is 0. The third-order valence-corrected chi connectivity index (χ3v) is 3.48. The average molecular weight is 272 g/mol. The molecule has 0 aromatic heterocycles. The van der Waals surface area contributed by atoms with E-state index in [0.29, 0.717) is 31.6 Å². The summed E-state index contributed by atoms with van der Waals surface area (Å²) in [4.78, 5) is 13.4. The van der Waals surface area contributed by atoms with Gasteiger partial charge in [0.05, 0.1) is 0 Å². The molecule has 0 bridgehead atoms. The number of hydrogen-bond donors (Lipinski definition) is 1. The molecule has 2 unspecified atom stereocenters. The van der Waals surface area contributed by atoms with E-state index in [2.05, 4.69) is 0 Å². The Morgan fingerprint density at radius 2 is 1.89 bits per heavy atom. The minimum absolute atomic E-state index is 0.0213. The van der Waals surface area contributed by atoms with Gasteiger partial charge >= 0.3 is 0 Å². The molecule has 2 N–H and O–H groups in total. The van der Waals surface area contributed by atoms with E-state index < -0.39 is 28.9 Å². The Kier molecular flexibility index (Phi) is 3.80. The molecule has 0 aliphatic carbocycles. The number of hydrogen-bond acceptors (Lipinski definition) is 2. The normalized spacial score (nSPS) is 23.5. The van der Waals surface area contributed by atoms with E-state index in [1.165, 1.54) is 4.90 Å². The molecule has 1 heterocycles. The molecule has 1 aromatic carbocycles. The second kappa shape index (κ2) is 5.21. The quantitative estimate of drug-likeness (QED) is 0.849. The predicted octanol–water partition coefficient (Wildman–Crippen LogP) is 1.91. The minimum Gasteiger partial charge on any atom is -0.338 e. The van der Waals surface area contributed by atoms with Crippen LogP contribution in [-0.2, 0) is 0 Å². The third kappa shape index (κ3) is 2.73. The second-order valence-electron chi connectivity index (χ2n) is 4.93. The van der Waals surface area contributed by atoms with Gasteiger partial charge in [-0.3, -0.25) is 4.79 Å². The van der Waals surface area contributed by atoms with Crippen molar-refractivity contribution in [2.45, 2.75) is 19.4 Å². The topological polar surface area (TPSA) is 46.3 Å². The molecule has 1 saturated heterocycles. The number of carbonyl (C=O) groups is 1. The van der Waals surface area contributed by atoms with Gasteiger partial charge in [-0.05, 0) is 12.3 Å². The van der Waals surface area contributed by atoms with Crippen LogP contribution in [0.3, 0.4) is 0 Å². The van der Waals surface area contributed by atoms with Crippen molar-refractivity contribution in [1.82, 2.24) is 4.90 Å². The molecular weight excluding hydrogens is 257 g/mol. The molecule has 1 amide bonds. The highest BCUT2D eigenvalue weighted by molar-refractivity contribution is 5.94. The number of likely N-dealkylation sites (tertiary alicyclic amines) is 1. The van der Waals surface area contributed by atoms with Crippen molar-refractivity contribution in [2.24, 2.45) is 11.7 Å². The maximum absolute atomic E-state index is 13.5. The molecule has 104 valence electrons. The van der Waals surface area contributed by atoms with Crippen molar-refractivity contribution in [1.29, 1.82) is 0 Å². The number of nitrogens with zero attached hydrogens (tertiary/aromatic N) is 1. The van der Waals surface area contributed by atoms with Crippen molar-refractivity contribution in [3.8, 4) is 0 Å². The Morgan fingerprint density at radius 3 is 2.42 bits per heavy atom. The summed E-state index contributed by atoms with van der Waals surface area (Å²) in [5.74, 6) is -4.09. The highest BCUT2D eigenvalue weighted by atomic mass is 19.1. The zero-order valence-corrected chi connectivity index (χ0v) is 10.5. The first kappa shape index (κ1) is 13.9. The maximum atomic E-state index is 13.5. The molecule has 1 aliphatic rings. The fourth-order valence-electron chi connectivity index (χ4n) is 2.25. The van der Waals surface area contributed by atoms with Gasteiger partial charge in [-0.25, -0.2) is 13.2 Å². The third-order valence-electron chi connectivity index (χ3n) is 3.48. The summed E-state index contributed by atoms with van der Waals surface area (Å²) in [6, 6.07) is 0.997. The Morgan fingerprint density at radius 1 is 1.32 bits per heavy atom. The lowest BCUT2D eigenvalue weighted by atomic mass is 9.94. The summed E-state index contributed by atoms with van der Waals surface area (Å²) in [5, 5.41) is 0. The SMILES string of the molecule is CC1CN(C(=O)c2c(F)cc(F)cc2F)CCC1N. The maximum Gasteiger partial charge on any atom is 0.259 e. The van der Waals surface area contributed by atoms with Crippen LogP contribution in [0.4, 0.5) is 13.2 Å². The van der Waals surface area contributed by atoms with Crippen molar-refractivity contribution >= 4 is 5.91 Å². The molecule has 2 atom stereocenters. The number of nitrogens with two attached hydrogens (primary N) is 1. The van der Waals surface area contributed by atoms with E-state index in [0.717, 1.165) is 0 Å². The van der Waals surface area contributed by atoms with Crippen LogP contribution in [0.5, 0.6) is 0 Å². The van der Waals surface area contributed by atoms with Crippen LogP contribution >= 0.6 is 0 Å². The lowest BCUT2D eigenvalue weighted by molar-refractivity contribution is 0.0654. The van der Waals surface area contributed by atoms with Crippen LogP contribution in [0.2, 0.25) is 0 Å². The average Bonchev–Trinajstić information content (AvgIpc) is 2.31. The summed E-state index contributed by atoms with van der Waals surface area (Å²) in [6.07, 6.45) is 0.581. The number of amides is 1. The van der Waals surface area contributed by atoms with Gasteiger partial charge in [0.1, 0.15) is 23.0 Å². The first-order valence-electron chi connectivity index (χ1n) is 6.09. The van der Waals surface area contributed by atoms with E-state index in [4.69, 9.17) is 5.73 Å². The zero-order valence-electron chi connectivity index (χ0n) is 10.5. The van der Waals surface area contributed by atoms with Gasteiger partial charge in [0.15, 0.2) is 0 Å². The van der Waals surface area contributed by atoms with Crippen LogP contribution in [0.1, 0.15) is 23.7 Å². The molecule has 3 nitrogen and oxygen atoms in total. The molecule has 2 rings (SSSR count). The highest BCUT2D eigenvalue weighted by Gasteiger charge is 2.30. The molecule has 0 spiro atoms. The summed E-state index contributed by atoms with van der Waals surface area (Å²) < 4.78 is 39.9. The van der Waals surface area contributed by atoms with Crippen LogP contribution in [0, 0.1) is 23.4 Å². The molecule has 0 saturated carbocycles. The Balaban J connectivity index is 2.25. The molecule has 1 aliphatic heterocycles. The summed E-state index contributed by atoms with van der Waals surface area (Å²) in [5.41, 5.74) is 5.12. The fourth-order valence-corrected chi connectivity index (χ4v) is 2.25. The van der Waals surface area contributed by atoms with Crippen LogP contribution in [-0.4, -0.2) is 29.9 Å². The highest BCUT2D eigenvalue weighted by Crippen LogP contribution is 2.21. The van der Waals surface area contributed by atoms with Crippen LogP contribution < -0.4 is 5.73 Å². The van der Waals surface area contributed by atoms with E-state index in [-0.39, 0.29) is 12.0 Å². The Bertz CT molecular complexity index is 484. The molecule has 19 heavy (non-hydrogen) atoms. The number of halogens is 3. The van der Waals surface area contributed by atoms with Crippen LogP contribution in [0.25, 0.3) is 0 Å². The molecule has 6 heteroatoms. The standard InChI is InChI=1S/C13H15F3N2O/c1-7-6-18(3-2-11(7)17)13(19)12-9(15)4-8(14)5-10(12)16/h4-5,7,11H,2-3,6,17H2,1H3. The predicted molar refractivity (Wildman–Crippen MR) is 64.0 cm³/mol. The lowest BCUT2D eigenvalue weighted by Gasteiger charge is -2.35. The number of carbonyl (C=O) groups excluding carboxylic acids is 1. The van der Waals surface area contributed by atoms with Gasteiger partial charge in [0, 0.05) is 31.3 Å². The monoisotopic (exact) mass is 272 g/mol. The first-order valence-corrected chi connectivity index (χ1v) is 6.09. The number of piperidine rings is 1. The summed E-state index contributed by atoms with van der Waals surface area (Å²) in [6.45, 7) is 2.57. The molecule has 0 radical (unpaired) electrons. The van der Waals surface area contributed by atoms with Gasteiger partial charge in [-0.1, -0.05) is 6.92 Å². The van der Waals surface area contributed by atoms with Crippen molar-refractivity contribution in [2.75, 3.05) is 13.1 Å². The van der Waals surface area contributed by atoms with Crippen molar-refractivity contribution < 1.29 is 18.0 Å². The van der Waals surface area contributed by atoms with Gasteiger partial charge in [0.25, 0.3) is 5.91 Å². The van der Waals surface area contributed by atoms with Crippen molar-refractivity contribution in [3.05, 3.63) is 35.1 Å². The Hall–Kier alpha value is -1.56. The van der Waals surface area contributed by atoms with E-state index in [9.17, 15) is 18.0 Å². The number of benzene rings is 1. The van der Waals surface area contributed by atoms with Gasteiger partial charge < -0.3 is 10.6 Å². The zero-order chi connectivity index (χ0) is 14.2. The van der Waals surface area contributed by atoms with Gasteiger partial charge in [-0.2, -0.15) is 0 Å². The Labute approximate surface area is 109 Å². The molecule has 1 aromatic rings. The largest absolute Gasteiger partial charge is 0.338 e. The molecule has 1 fully saturated rings. The minimum atomic E-state index is -1.18.